The van der Waals surface area contributed by atoms with Crippen molar-refractivity contribution < 1.29 is 0 Å². The molecule has 0 unspecified atom stereocenters. The highest BCUT2D eigenvalue weighted by molar-refractivity contribution is 5.92. The Bertz CT molecular complexity index is 970. The average Bonchev–Trinajstić information content (AvgIpc) is 3.07. The molecule has 3 nitrogen and oxygen atoms in total. The van der Waals surface area contributed by atoms with E-state index in [-0.39, 0.29) is 0 Å². The summed E-state index contributed by atoms with van der Waals surface area (Å²) in [6.07, 6.45) is 3.82. The zero-order chi connectivity index (χ0) is 20.5. The molecule has 1 N–H and O–H groups in total. The molecule has 0 spiro atoms. The molecular weight excluding hydrogens is 354 g/mol. The first-order valence-electron chi connectivity index (χ1n) is 11.3. The molecule has 0 atom stereocenters. The molecule has 0 bridgehead atoms. The maximum absolute atomic E-state index is 4.56. The van der Waals surface area contributed by atoms with Crippen LogP contribution >= 0.6 is 0 Å². The standard InChI is InChI=1S/C26H35N3/c1-6-11-29-12-9-20(10-13-29)21-7-8-24-23(16-21)25(17(2)3)26(28-24)22-14-18(4)27-19(5)15-22/h7-8,14-17,20,28H,6,9-13H2,1-5H3. The number of fused-ring (bicyclic) bond motifs is 1. The number of aromatic amines is 1. The van der Waals surface area contributed by atoms with Gasteiger partial charge in [-0.3, -0.25) is 4.98 Å². The Morgan fingerprint density at radius 2 is 1.76 bits per heavy atom. The molecule has 3 aromatic rings. The number of hydrogen-bond donors (Lipinski definition) is 1. The van der Waals surface area contributed by atoms with E-state index in [0.29, 0.717) is 11.8 Å². The van der Waals surface area contributed by atoms with Crippen LogP contribution in [-0.2, 0) is 0 Å². The molecule has 1 saturated heterocycles. The van der Waals surface area contributed by atoms with Crippen molar-refractivity contribution in [2.45, 2.75) is 65.7 Å². The van der Waals surface area contributed by atoms with Crippen molar-refractivity contribution >= 4 is 10.9 Å². The monoisotopic (exact) mass is 389 g/mol. The van der Waals surface area contributed by atoms with Gasteiger partial charge in [-0.05, 0) is 100.0 Å². The number of rotatable bonds is 5. The molecule has 1 aliphatic rings. The van der Waals surface area contributed by atoms with E-state index in [1.807, 2.05) is 0 Å². The number of aromatic nitrogens is 2. The lowest BCUT2D eigenvalue weighted by Gasteiger charge is -2.32. The van der Waals surface area contributed by atoms with Gasteiger partial charge in [0.15, 0.2) is 0 Å². The van der Waals surface area contributed by atoms with E-state index < -0.39 is 0 Å². The lowest BCUT2D eigenvalue weighted by molar-refractivity contribution is 0.213. The zero-order valence-corrected chi connectivity index (χ0v) is 18.7. The van der Waals surface area contributed by atoms with Gasteiger partial charge in [0.25, 0.3) is 0 Å². The van der Waals surface area contributed by atoms with E-state index in [0.717, 1.165) is 11.4 Å². The molecule has 154 valence electrons. The molecule has 3 heteroatoms. The third-order valence-electron chi connectivity index (χ3n) is 6.41. The molecule has 1 aliphatic heterocycles. The van der Waals surface area contributed by atoms with Crippen molar-refractivity contribution in [3.8, 4) is 11.3 Å². The van der Waals surface area contributed by atoms with Crippen LogP contribution in [0, 0.1) is 13.8 Å². The van der Waals surface area contributed by atoms with Crippen LogP contribution in [0.2, 0.25) is 0 Å². The Morgan fingerprint density at radius 3 is 2.38 bits per heavy atom. The molecule has 4 rings (SSSR count). The number of pyridine rings is 1. The SMILES string of the molecule is CCCN1CCC(c2ccc3[nH]c(-c4cc(C)nc(C)c4)c(C(C)C)c3c2)CC1. The molecule has 0 saturated carbocycles. The summed E-state index contributed by atoms with van der Waals surface area (Å²) in [5.41, 5.74) is 8.88. The molecule has 3 heterocycles. The van der Waals surface area contributed by atoms with Gasteiger partial charge in [-0.25, -0.2) is 0 Å². The highest BCUT2D eigenvalue weighted by atomic mass is 15.1. The van der Waals surface area contributed by atoms with E-state index in [9.17, 15) is 0 Å². The van der Waals surface area contributed by atoms with Crippen LogP contribution in [0.25, 0.3) is 22.2 Å². The van der Waals surface area contributed by atoms with Gasteiger partial charge in [0.2, 0.25) is 0 Å². The summed E-state index contributed by atoms with van der Waals surface area (Å²) < 4.78 is 0. The van der Waals surface area contributed by atoms with Gasteiger partial charge in [-0.2, -0.15) is 0 Å². The summed E-state index contributed by atoms with van der Waals surface area (Å²) in [5, 5.41) is 1.40. The maximum Gasteiger partial charge on any atom is 0.0501 e. The van der Waals surface area contributed by atoms with Gasteiger partial charge >= 0.3 is 0 Å². The van der Waals surface area contributed by atoms with E-state index in [2.05, 4.69) is 79.8 Å². The number of nitrogens with zero attached hydrogens (tertiary/aromatic N) is 2. The van der Waals surface area contributed by atoms with E-state index in [1.165, 1.54) is 72.2 Å². The second kappa shape index (κ2) is 8.31. The van der Waals surface area contributed by atoms with E-state index in [4.69, 9.17) is 0 Å². The summed E-state index contributed by atoms with van der Waals surface area (Å²) in [5.74, 6) is 1.16. The average molecular weight is 390 g/mol. The van der Waals surface area contributed by atoms with Crippen molar-refractivity contribution in [2.75, 3.05) is 19.6 Å². The molecule has 29 heavy (non-hydrogen) atoms. The van der Waals surface area contributed by atoms with Crippen molar-refractivity contribution in [3.63, 3.8) is 0 Å². The number of piperidine rings is 1. The highest BCUT2D eigenvalue weighted by Gasteiger charge is 2.22. The summed E-state index contributed by atoms with van der Waals surface area (Å²) in [4.78, 5) is 10.9. The Balaban J connectivity index is 1.72. The topological polar surface area (TPSA) is 31.9 Å². The first kappa shape index (κ1) is 20.2. The third kappa shape index (κ3) is 4.11. The van der Waals surface area contributed by atoms with Crippen molar-refractivity contribution in [2.24, 2.45) is 0 Å². The highest BCUT2D eigenvalue weighted by Crippen LogP contribution is 2.38. The molecule has 2 aromatic heterocycles. The summed E-state index contributed by atoms with van der Waals surface area (Å²) in [6.45, 7) is 14.8. The zero-order valence-electron chi connectivity index (χ0n) is 18.7. The molecule has 1 aromatic carbocycles. The van der Waals surface area contributed by atoms with Crippen molar-refractivity contribution in [1.82, 2.24) is 14.9 Å². The van der Waals surface area contributed by atoms with Crippen LogP contribution in [-0.4, -0.2) is 34.5 Å². The van der Waals surface area contributed by atoms with Gasteiger partial charge in [-0.1, -0.05) is 26.8 Å². The smallest absolute Gasteiger partial charge is 0.0501 e. The Labute approximate surface area is 175 Å². The lowest BCUT2D eigenvalue weighted by atomic mass is 9.87. The minimum atomic E-state index is 0.467. The number of H-pyrrole nitrogens is 1. The number of nitrogens with one attached hydrogen (secondary N) is 1. The number of aryl methyl sites for hydroxylation is 2. The number of hydrogen-bond acceptors (Lipinski definition) is 2. The van der Waals surface area contributed by atoms with E-state index >= 15 is 0 Å². The lowest BCUT2D eigenvalue weighted by Crippen LogP contribution is -2.33. The summed E-state index contributed by atoms with van der Waals surface area (Å²) in [7, 11) is 0. The van der Waals surface area contributed by atoms with Crippen LogP contribution < -0.4 is 0 Å². The van der Waals surface area contributed by atoms with Gasteiger partial charge in [0, 0.05) is 27.9 Å². The fourth-order valence-corrected chi connectivity index (χ4v) is 5.10. The number of benzene rings is 1. The van der Waals surface area contributed by atoms with Crippen molar-refractivity contribution in [1.29, 1.82) is 0 Å². The maximum atomic E-state index is 4.56. The van der Waals surface area contributed by atoms with Crippen LogP contribution in [0.15, 0.2) is 30.3 Å². The van der Waals surface area contributed by atoms with Gasteiger partial charge in [-0.15, -0.1) is 0 Å². The van der Waals surface area contributed by atoms with E-state index in [1.54, 1.807) is 0 Å². The third-order valence-corrected chi connectivity index (χ3v) is 6.41. The largest absolute Gasteiger partial charge is 0.354 e. The summed E-state index contributed by atoms with van der Waals surface area (Å²) >= 11 is 0. The molecule has 0 radical (unpaired) electrons. The Kier molecular flexibility index (Phi) is 5.78. The predicted molar refractivity (Wildman–Crippen MR) is 124 cm³/mol. The fourth-order valence-electron chi connectivity index (χ4n) is 5.10. The number of likely N-dealkylation sites (tertiary alicyclic amines) is 1. The van der Waals surface area contributed by atoms with Gasteiger partial charge in [0.1, 0.15) is 0 Å². The van der Waals surface area contributed by atoms with Gasteiger partial charge < -0.3 is 9.88 Å². The van der Waals surface area contributed by atoms with Gasteiger partial charge in [0.05, 0.1) is 5.69 Å². The van der Waals surface area contributed by atoms with Crippen LogP contribution in [0.3, 0.4) is 0 Å². The molecular formula is C26H35N3. The minimum absolute atomic E-state index is 0.467. The van der Waals surface area contributed by atoms with Crippen LogP contribution in [0.1, 0.15) is 74.4 Å². The van der Waals surface area contributed by atoms with Crippen LogP contribution in [0.5, 0.6) is 0 Å². The van der Waals surface area contributed by atoms with Crippen molar-refractivity contribution in [3.05, 3.63) is 52.8 Å². The minimum Gasteiger partial charge on any atom is -0.354 e. The second-order valence-corrected chi connectivity index (χ2v) is 9.13. The van der Waals surface area contributed by atoms with Crippen LogP contribution in [0.4, 0.5) is 0 Å². The Hall–Kier alpha value is -2.13. The first-order valence-corrected chi connectivity index (χ1v) is 11.3. The molecule has 1 fully saturated rings. The Morgan fingerprint density at radius 1 is 1.07 bits per heavy atom. The molecule has 0 amide bonds. The second-order valence-electron chi connectivity index (χ2n) is 9.13. The summed E-state index contributed by atoms with van der Waals surface area (Å²) in [6, 6.07) is 11.5. The fraction of sp³-hybridized carbons (Fsp3) is 0.500. The molecule has 0 aliphatic carbocycles. The normalized spacial score (nSPS) is 16.2. The predicted octanol–water partition coefficient (Wildman–Crippen LogP) is 6.56. The quantitative estimate of drug-likeness (QED) is 0.536. The first-order chi connectivity index (χ1) is 14.0.